The van der Waals surface area contributed by atoms with Crippen molar-refractivity contribution in [2.75, 3.05) is 4.72 Å². The smallest absolute Gasteiger partial charge is 0.335 e. The Morgan fingerprint density at radius 2 is 1.79 bits per heavy atom. The summed E-state index contributed by atoms with van der Waals surface area (Å²) in [7, 11) is -3.77. The second-order valence-corrected chi connectivity index (χ2v) is 7.50. The van der Waals surface area contributed by atoms with Gasteiger partial charge in [0.05, 0.1) is 16.1 Å². The number of aryl methyl sites for hydroxylation is 1. The summed E-state index contributed by atoms with van der Waals surface area (Å²) in [5.74, 6) is -0.738. The van der Waals surface area contributed by atoms with Crippen LogP contribution in [0.15, 0.2) is 47.4 Å². The first-order valence-electron chi connectivity index (χ1n) is 7.71. The van der Waals surface area contributed by atoms with E-state index in [0.717, 1.165) is 12.0 Å². The van der Waals surface area contributed by atoms with Gasteiger partial charge in [-0.25, -0.2) is 13.2 Å². The van der Waals surface area contributed by atoms with Crippen molar-refractivity contribution in [2.45, 2.75) is 38.0 Å². The Kier molecular flexibility index (Phi) is 5.29. The van der Waals surface area contributed by atoms with E-state index in [4.69, 9.17) is 5.11 Å². The van der Waals surface area contributed by atoms with Crippen LogP contribution in [0.25, 0.3) is 0 Å². The van der Waals surface area contributed by atoms with Crippen molar-refractivity contribution in [3.63, 3.8) is 0 Å². The fourth-order valence-electron chi connectivity index (χ4n) is 2.28. The van der Waals surface area contributed by atoms with Crippen molar-refractivity contribution >= 4 is 21.7 Å². The summed E-state index contributed by atoms with van der Waals surface area (Å²) in [4.78, 5) is 11.2. The lowest BCUT2D eigenvalue weighted by Gasteiger charge is -2.13. The molecule has 2 rings (SSSR count). The number of carbonyl (C=O) groups is 1. The Morgan fingerprint density at radius 3 is 2.33 bits per heavy atom. The molecule has 2 aromatic carbocycles. The van der Waals surface area contributed by atoms with Gasteiger partial charge in [-0.3, -0.25) is 4.72 Å². The van der Waals surface area contributed by atoms with E-state index in [2.05, 4.69) is 18.6 Å². The lowest BCUT2D eigenvalue weighted by Crippen LogP contribution is -2.14. The first-order valence-corrected chi connectivity index (χ1v) is 9.19. The molecule has 0 unspecified atom stereocenters. The molecule has 128 valence electrons. The number of aromatic carboxylic acids is 1. The van der Waals surface area contributed by atoms with Crippen LogP contribution >= 0.6 is 0 Å². The van der Waals surface area contributed by atoms with Crippen LogP contribution in [-0.2, 0) is 10.0 Å². The Bertz CT molecular complexity index is 842. The topological polar surface area (TPSA) is 83.5 Å². The SMILES string of the molecule is CC[C@@H](C)c1ccc(S(=O)(=O)Nc2cc(C(=O)O)ccc2C)cc1. The lowest BCUT2D eigenvalue weighted by molar-refractivity contribution is 0.0697. The third kappa shape index (κ3) is 3.94. The van der Waals surface area contributed by atoms with Crippen LogP contribution in [0.3, 0.4) is 0 Å². The molecule has 0 aromatic heterocycles. The minimum atomic E-state index is -3.77. The highest BCUT2D eigenvalue weighted by atomic mass is 32.2. The summed E-state index contributed by atoms with van der Waals surface area (Å²) in [6.07, 6.45) is 0.978. The van der Waals surface area contributed by atoms with Crippen molar-refractivity contribution in [1.29, 1.82) is 0 Å². The number of benzene rings is 2. The molecule has 24 heavy (non-hydrogen) atoms. The maximum Gasteiger partial charge on any atom is 0.335 e. The van der Waals surface area contributed by atoms with Crippen LogP contribution in [0.2, 0.25) is 0 Å². The van der Waals surface area contributed by atoms with Crippen molar-refractivity contribution in [3.05, 3.63) is 59.2 Å². The van der Waals surface area contributed by atoms with E-state index >= 15 is 0 Å². The lowest BCUT2D eigenvalue weighted by atomic mass is 9.99. The van der Waals surface area contributed by atoms with Crippen LogP contribution in [0.1, 0.15) is 47.7 Å². The molecule has 1 atom stereocenters. The molecule has 0 aliphatic heterocycles. The van der Waals surface area contributed by atoms with Gasteiger partial charge in [0.15, 0.2) is 0 Å². The molecular formula is C18H21NO4S. The highest BCUT2D eigenvalue weighted by Gasteiger charge is 2.17. The number of nitrogens with one attached hydrogen (secondary N) is 1. The largest absolute Gasteiger partial charge is 0.478 e. The fourth-order valence-corrected chi connectivity index (χ4v) is 3.40. The molecule has 0 saturated carbocycles. The number of hydrogen-bond donors (Lipinski definition) is 2. The van der Waals surface area contributed by atoms with Gasteiger partial charge in [-0.2, -0.15) is 0 Å². The highest BCUT2D eigenvalue weighted by molar-refractivity contribution is 7.92. The molecule has 6 heteroatoms. The van der Waals surface area contributed by atoms with Gasteiger partial charge < -0.3 is 5.11 Å². The predicted octanol–water partition coefficient (Wildman–Crippen LogP) is 4.01. The summed E-state index contributed by atoms with van der Waals surface area (Å²) in [6.45, 7) is 5.88. The minimum Gasteiger partial charge on any atom is -0.478 e. The minimum absolute atomic E-state index is 0.0328. The molecular weight excluding hydrogens is 326 g/mol. The molecule has 0 fully saturated rings. The number of sulfonamides is 1. The zero-order valence-electron chi connectivity index (χ0n) is 13.9. The molecule has 0 radical (unpaired) electrons. The number of carboxylic acids is 1. The van der Waals surface area contributed by atoms with Crippen molar-refractivity contribution in [1.82, 2.24) is 0 Å². The van der Waals surface area contributed by atoms with Gasteiger partial charge in [-0.15, -0.1) is 0 Å². The second-order valence-electron chi connectivity index (χ2n) is 5.82. The quantitative estimate of drug-likeness (QED) is 0.827. The molecule has 0 bridgehead atoms. The molecule has 2 N–H and O–H groups in total. The summed E-state index contributed by atoms with van der Waals surface area (Å²) in [5.41, 5.74) is 2.03. The van der Waals surface area contributed by atoms with Crippen molar-refractivity contribution in [2.24, 2.45) is 0 Å². The van der Waals surface area contributed by atoms with Crippen LogP contribution in [0, 0.1) is 6.92 Å². The van der Waals surface area contributed by atoms with Crippen molar-refractivity contribution in [3.8, 4) is 0 Å². The number of anilines is 1. The van der Waals surface area contributed by atoms with Gasteiger partial charge in [0.25, 0.3) is 10.0 Å². The Hall–Kier alpha value is -2.34. The van der Waals surface area contributed by atoms with E-state index in [1.165, 1.54) is 12.1 Å². The summed E-state index contributed by atoms with van der Waals surface area (Å²) >= 11 is 0. The third-order valence-corrected chi connectivity index (χ3v) is 5.48. The first-order chi connectivity index (χ1) is 11.2. The maximum absolute atomic E-state index is 12.5. The van der Waals surface area contributed by atoms with E-state index in [9.17, 15) is 13.2 Å². The normalized spacial score (nSPS) is 12.6. The molecule has 0 amide bonds. The van der Waals surface area contributed by atoms with Gasteiger partial charge in [-0.1, -0.05) is 32.0 Å². The van der Waals surface area contributed by atoms with E-state index in [0.29, 0.717) is 11.5 Å². The van der Waals surface area contributed by atoms with E-state index < -0.39 is 16.0 Å². The average Bonchev–Trinajstić information content (AvgIpc) is 2.55. The van der Waals surface area contributed by atoms with E-state index in [-0.39, 0.29) is 16.1 Å². The third-order valence-electron chi connectivity index (χ3n) is 4.10. The number of carboxylic acid groups (broad SMARTS) is 1. The molecule has 0 saturated heterocycles. The highest BCUT2D eigenvalue weighted by Crippen LogP contribution is 2.24. The maximum atomic E-state index is 12.5. The van der Waals surface area contributed by atoms with Gasteiger partial charge in [0.2, 0.25) is 0 Å². The number of hydrogen-bond acceptors (Lipinski definition) is 3. The van der Waals surface area contributed by atoms with Crippen molar-refractivity contribution < 1.29 is 18.3 Å². The Morgan fingerprint density at radius 1 is 1.17 bits per heavy atom. The standard InChI is InChI=1S/C18H21NO4S/c1-4-12(2)14-7-9-16(10-8-14)24(22,23)19-17-11-15(18(20)21)6-5-13(17)3/h5-12,19H,4H2,1-3H3,(H,20,21)/t12-/m1/s1. The van der Waals surface area contributed by atoms with E-state index in [1.54, 1.807) is 25.1 Å². The fraction of sp³-hybridized carbons (Fsp3) is 0.278. The summed E-state index contributed by atoms with van der Waals surface area (Å²) in [6, 6.07) is 11.1. The molecule has 0 spiro atoms. The molecule has 0 aliphatic carbocycles. The van der Waals surface area contributed by atoms with Gasteiger partial charge in [-0.05, 0) is 54.7 Å². The molecule has 0 aliphatic rings. The summed E-state index contributed by atoms with van der Waals surface area (Å²) < 4.78 is 27.5. The van der Waals surface area contributed by atoms with E-state index in [1.807, 2.05) is 12.1 Å². The molecule has 2 aromatic rings. The Labute approximate surface area is 142 Å². The van der Waals surface area contributed by atoms with Crippen LogP contribution < -0.4 is 4.72 Å². The summed E-state index contributed by atoms with van der Waals surface area (Å²) in [5, 5.41) is 9.04. The zero-order valence-corrected chi connectivity index (χ0v) is 14.7. The molecule has 5 nitrogen and oxygen atoms in total. The second kappa shape index (κ2) is 7.05. The van der Waals surface area contributed by atoms with Gasteiger partial charge in [0, 0.05) is 0 Å². The first kappa shape index (κ1) is 18.0. The number of rotatable bonds is 6. The van der Waals surface area contributed by atoms with Crippen LogP contribution in [0.5, 0.6) is 0 Å². The Balaban J connectivity index is 2.32. The van der Waals surface area contributed by atoms with Crippen LogP contribution in [0.4, 0.5) is 5.69 Å². The van der Waals surface area contributed by atoms with Gasteiger partial charge in [0.1, 0.15) is 0 Å². The monoisotopic (exact) mass is 347 g/mol. The predicted molar refractivity (Wildman–Crippen MR) is 94.1 cm³/mol. The zero-order chi connectivity index (χ0) is 17.9. The van der Waals surface area contributed by atoms with Crippen LogP contribution in [-0.4, -0.2) is 19.5 Å². The van der Waals surface area contributed by atoms with Gasteiger partial charge >= 0.3 is 5.97 Å². The molecule has 0 heterocycles. The average molecular weight is 347 g/mol.